The Bertz CT molecular complexity index is 1090. The molecule has 0 aliphatic carbocycles. The molecule has 0 fully saturated rings. The average molecular weight is 401 g/mol. The lowest BCUT2D eigenvalue weighted by molar-refractivity contribution is 0.0995. The molecular weight excluding hydrogens is 391 g/mol. The second-order valence-corrected chi connectivity index (χ2v) is 6.02. The van der Waals surface area contributed by atoms with Gasteiger partial charge in [0.05, 0.1) is 5.56 Å². The van der Waals surface area contributed by atoms with E-state index in [1.54, 1.807) is 48.5 Å². The summed E-state index contributed by atoms with van der Waals surface area (Å²) in [5.41, 5.74) is 1.82. The van der Waals surface area contributed by atoms with E-state index in [1.807, 2.05) is 0 Å². The van der Waals surface area contributed by atoms with Crippen molar-refractivity contribution in [1.29, 1.82) is 0 Å². The molecule has 4 rings (SSSR count). The monoisotopic (exact) mass is 400 g/mol. The predicted molar refractivity (Wildman–Crippen MR) is 93.8 cm³/mol. The first-order valence-electron chi connectivity index (χ1n) is 7.32. The van der Waals surface area contributed by atoms with Crippen LogP contribution in [0.2, 0.25) is 0 Å². The Morgan fingerprint density at radius 3 is 2.68 bits per heavy atom. The second-order valence-electron chi connectivity index (χ2n) is 5.24. The molecule has 25 heavy (non-hydrogen) atoms. The zero-order chi connectivity index (χ0) is 17.4. The summed E-state index contributed by atoms with van der Waals surface area (Å²) < 4.78 is 25.1. The molecule has 0 saturated heterocycles. The number of hydrogen-bond donors (Lipinski definition) is 1. The van der Waals surface area contributed by atoms with Gasteiger partial charge in [-0.1, -0.05) is 12.1 Å². The van der Waals surface area contributed by atoms with Gasteiger partial charge in [0.1, 0.15) is 11.3 Å². The van der Waals surface area contributed by atoms with Crippen molar-refractivity contribution in [2.75, 3.05) is 5.32 Å². The Labute approximate surface area is 149 Å². The van der Waals surface area contributed by atoms with Crippen LogP contribution in [0.5, 0.6) is 0 Å². The van der Waals surface area contributed by atoms with Crippen molar-refractivity contribution in [3.8, 4) is 11.5 Å². The minimum atomic E-state index is -0.411. The number of fused-ring (bicyclic) bond motifs is 1. The Hall–Kier alpha value is -2.93. The van der Waals surface area contributed by atoms with Gasteiger partial charge < -0.3 is 14.2 Å². The van der Waals surface area contributed by atoms with Crippen LogP contribution in [-0.2, 0) is 0 Å². The maximum absolute atomic E-state index is 13.9. The average Bonchev–Trinajstić information content (AvgIpc) is 3.21. The van der Waals surface area contributed by atoms with E-state index in [0.717, 1.165) is 0 Å². The zero-order valence-electron chi connectivity index (χ0n) is 12.6. The number of halogens is 2. The first-order chi connectivity index (χ1) is 12.1. The summed E-state index contributed by atoms with van der Waals surface area (Å²) >= 11 is 3.15. The third kappa shape index (κ3) is 3.06. The molecule has 124 valence electrons. The molecule has 0 aliphatic rings. The molecule has 1 N–H and O–H groups in total. The molecule has 1 amide bonds. The van der Waals surface area contributed by atoms with Crippen LogP contribution in [0.4, 0.5) is 10.1 Å². The van der Waals surface area contributed by atoms with Crippen LogP contribution in [0, 0.1) is 5.82 Å². The molecule has 2 aromatic carbocycles. The van der Waals surface area contributed by atoms with Crippen LogP contribution in [0.3, 0.4) is 0 Å². The van der Waals surface area contributed by atoms with E-state index in [-0.39, 0.29) is 23.1 Å². The molecular formula is C18H10BrFN2O3. The van der Waals surface area contributed by atoms with Gasteiger partial charge in [-0.2, -0.15) is 0 Å². The number of carbonyl (C=O) groups is 1. The van der Waals surface area contributed by atoms with E-state index in [2.05, 4.69) is 26.2 Å². The van der Waals surface area contributed by atoms with Gasteiger partial charge in [-0.25, -0.2) is 9.37 Å². The van der Waals surface area contributed by atoms with Crippen LogP contribution >= 0.6 is 15.9 Å². The minimum Gasteiger partial charge on any atom is -0.444 e. The number of aromatic nitrogens is 1. The summed E-state index contributed by atoms with van der Waals surface area (Å²) in [5, 5.41) is 2.71. The largest absolute Gasteiger partial charge is 0.444 e. The number of amides is 1. The van der Waals surface area contributed by atoms with E-state index in [0.29, 0.717) is 21.5 Å². The Kier molecular flexibility index (Phi) is 3.85. The van der Waals surface area contributed by atoms with Crippen molar-refractivity contribution >= 4 is 38.6 Å². The Morgan fingerprint density at radius 2 is 1.92 bits per heavy atom. The summed E-state index contributed by atoms with van der Waals surface area (Å²) in [4.78, 5) is 16.4. The maximum Gasteiger partial charge on any atom is 0.291 e. The highest BCUT2D eigenvalue weighted by atomic mass is 79.9. The summed E-state index contributed by atoms with van der Waals surface area (Å²) in [7, 11) is 0. The highest BCUT2D eigenvalue weighted by molar-refractivity contribution is 9.10. The van der Waals surface area contributed by atoms with E-state index in [1.165, 1.54) is 6.07 Å². The van der Waals surface area contributed by atoms with Crippen LogP contribution in [0.15, 0.2) is 68.1 Å². The van der Waals surface area contributed by atoms with E-state index in [9.17, 15) is 9.18 Å². The minimum absolute atomic E-state index is 0.180. The number of rotatable bonds is 3. The van der Waals surface area contributed by atoms with Crippen LogP contribution in [-0.4, -0.2) is 10.9 Å². The SMILES string of the molecule is O=C(Nc1ccc2oc(-c3ccccc3F)nc2c1)c1ccc(Br)o1. The van der Waals surface area contributed by atoms with E-state index >= 15 is 0 Å². The fourth-order valence-corrected chi connectivity index (χ4v) is 2.69. The molecule has 5 nitrogen and oxygen atoms in total. The highest BCUT2D eigenvalue weighted by Crippen LogP contribution is 2.28. The quantitative estimate of drug-likeness (QED) is 0.510. The molecule has 0 bridgehead atoms. The topological polar surface area (TPSA) is 68.3 Å². The van der Waals surface area contributed by atoms with Crippen molar-refractivity contribution < 1.29 is 18.0 Å². The van der Waals surface area contributed by atoms with Crippen molar-refractivity contribution in [2.24, 2.45) is 0 Å². The van der Waals surface area contributed by atoms with Gasteiger partial charge >= 0.3 is 0 Å². The van der Waals surface area contributed by atoms with E-state index in [4.69, 9.17) is 8.83 Å². The molecule has 7 heteroatoms. The van der Waals surface area contributed by atoms with Gasteiger partial charge in [0, 0.05) is 5.69 Å². The van der Waals surface area contributed by atoms with E-state index < -0.39 is 5.82 Å². The fourth-order valence-electron chi connectivity index (χ4n) is 2.38. The van der Waals surface area contributed by atoms with Gasteiger partial charge in [0.15, 0.2) is 16.0 Å². The smallest absolute Gasteiger partial charge is 0.291 e. The lowest BCUT2D eigenvalue weighted by atomic mass is 10.2. The summed E-state index contributed by atoms with van der Waals surface area (Å²) in [6.45, 7) is 0. The number of benzene rings is 2. The normalized spacial score (nSPS) is 11.0. The maximum atomic E-state index is 13.9. The number of carbonyl (C=O) groups excluding carboxylic acids is 1. The zero-order valence-corrected chi connectivity index (χ0v) is 14.2. The number of anilines is 1. The van der Waals surface area contributed by atoms with Crippen molar-refractivity contribution in [2.45, 2.75) is 0 Å². The lowest BCUT2D eigenvalue weighted by Crippen LogP contribution is -2.10. The summed E-state index contributed by atoms with van der Waals surface area (Å²) in [6, 6.07) is 14.4. The van der Waals surface area contributed by atoms with Crippen molar-refractivity contribution in [1.82, 2.24) is 4.98 Å². The third-order valence-electron chi connectivity index (χ3n) is 3.55. The standard InChI is InChI=1S/C18H10BrFN2O3/c19-16-8-7-15(24-16)17(23)21-10-5-6-14-13(9-10)22-18(25-14)11-3-1-2-4-12(11)20/h1-9H,(H,21,23). The molecule has 0 saturated carbocycles. The molecule has 0 spiro atoms. The van der Waals surface area contributed by atoms with Crippen LogP contribution in [0.1, 0.15) is 10.6 Å². The fraction of sp³-hybridized carbons (Fsp3) is 0. The van der Waals surface area contributed by atoms with Crippen molar-refractivity contribution in [3.05, 3.63) is 70.8 Å². The summed E-state index contributed by atoms with van der Waals surface area (Å²) in [6.07, 6.45) is 0. The van der Waals surface area contributed by atoms with Crippen LogP contribution < -0.4 is 5.32 Å². The molecule has 2 heterocycles. The van der Waals surface area contributed by atoms with Gasteiger partial charge in [-0.15, -0.1) is 0 Å². The Morgan fingerprint density at radius 1 is 1.08 bits per heavy atom. The third-order valence-corrected chi connectivity index (χ3v) is 3.97. The number of furan rings is 1. The molecule has 4 aromatic rings. The molecule has 0 unspecified atom stereocenters. The van der Waals surface area contributed by atoms with Gasteiger partial charge in [0.2, 0.25) is 5.89 Å². The number of hydrogen-bond acceptors (Lipinski definition) is 4. The van der Waals surface area contributed by atoms with Gasteiger partial charge in [-0.05, 0) is 58.4 Å². The highest BCUT2D eigenvalue weighted by Gasteiger charge is 2.14. The van der Waals surface area contributed by atoms with Crippen molar-refractivity contribution in [3.63, 3.8) is 0 Å². The number of nitrogens with one attached hydrogen (secondary N) is 1. The van der Waals surface area contributed by atoms with Gasteiger partial charge in [0.25, 0.3) is 5.91 Å². The first-order valence-corrected chi connectivity index (χ1v) is 8.11. The molecule has 0 aliphatic heterocycles. The summed E-state index contributed by atoms with van der Waals surface area (Å²) in [5.74, 6) is -0.431. The van der Waals surface area contributed by atoms with Crippen LogP contribution in [0.25, 0.3) is 22.6 Å². The van der Waals surface area contributed by atoms with Gasteiger partial charge in [-0.3, -0.25) is 4.79 Å². The number of nitrogens with zero attached hydrogens (tertiary/aromatic N) is 1. The lowest BCUT2D eigenvalue weighted by Gasteiger charge is -2.02. The molecule has 0 radical (unpaired) electrons. The first kappa shape index (κ1) is 15.6. The molecule has 0 atom stereocenters. The number of oxazole rings is 1. The second kappa shape index (κ2) is 6.18. The Balaban J connectivity index is 1.64. The predicted octanol–water partition coefficient (Wildman–Crippen LogP) is 5.24. The molecule has 2 aromatic heterocycles.